The summed E-state index contributed by atoms with van der Waals surface area (Å²) in [6.45, 7) is 0.126. The number of hydrogen-bond donors (Lipinski definition) is 0. The molecule has 0 aromatic rings. The summed E-state index contributed by atoms with van der Waals surface area (Å²) in [5, 5.41) is 0. The van der Waals surface area contributed by atoms with E-state index in [9.17, 15) is 9.59 Å². The molecule has 4 heteroatoms. The van der Waals surface area contributed by atoms with Crippen molar-refractivity contribution in [2.24, 2.45) is 0 Å². The zero-order chi connectivity index (χ0) is 9.40. The summed E-state index contributed by atoms with van der Waals surface area (Å²) in [5.74, 6) is -0.262. The van der Waals surface area contributed by atoms with Crippen molar-refractivity contribution >= 4 is 11.8 Å². The molecule has 0 aromatic heterocycles. The molecule has 0 amide bonds. The Labute approximate surface area is 71.8 Å². The molecule has 12 heavy (non-hydrogen) atoms. The van der Waals surface area contributed by atoms with E-state index in [0.717, 1.165) is 0 Å². The van der Waals surface area contributed by atoms with Crippen LogP contribution in [0.1, 0.15) is 19.3 Å². The van der Waals surface area contributed by atoms with Crippen LogP contribution in [0.25, 0.3) is 0 Å². The quantitative estimate of drug-likeness (QED) is 0.552. The van der Waals surface area contributed by atoms with Gasteiger partial charge in [-0.25, -0.2) is 0 Å². The van der Waals surface area contributed by atoms with E-state index in [2.05, 4.69) is 9.47 Å². The zero-order valence-electron chi connectivity index (χ0n) is 7.46. The third kappa shape index (κ3) is 5.85. The largest absolute Gasteiger partial charge is 0.469 e. The molecule has 0 rings (SSSR count). The Hall–Kier alpha value is -0.900. The van der Waals surface area contributed by atoms with Gasteiger partial charge in [-0.2, -0.15) is 0 Å². The molecule has 0 radical (unpaired) electrons. The number of hydrogen-bond acceptors (Lipinski definition) is 4. The van der Waals surface area contributed by atoms with E-state index in [1.807, 2.05) is 0 Å². The standard InChI is InChI=1S/C8H14O4/c1-11-6-7(9)4-3-5-8(10)12-2/h3-6H2,1-2H3. The maximum atomic E-state index is 10.8. The van der Waals surface area contributed by atoms with Crippen molar-refractivity contribution < 1.29 is 19.1 Å². The Kier molecular flexibility index (Phi) is 6.28. The first-order chi connectivity index (χ1) is 5.70. The SMILES string of the molecule is COCC(=O)CCCC(=O)OC. The number of ketones is 1. The lowest BCUT2D eigenvalue weighted by molar-refractivity contribution is -0.140. The van der Waals surface area contributed by atoms with Crippen LogP contribution in [0.4, 0.5) is 0 Å². The highest BCUT2D eigenvalue weighted by Gasteiger charge is 2.03. The molecule has 0 heterocycles. The molecular formula is C8H14O4. The second-order valence-corrected chi connectivity index (χ2v) is 2.40. The first kappa shape index (κ1) is 11.1. The highest BCUT2D eigenvalue weighted by molar-refractivity contribution is 5.80. The molecule has 4 nitrogen and oxygen atoms in total. The molecule has 0 bridgehead atoms. The molecule has 0 spiro atoms. The van der Waals surface area contributed by atoms with Gasteiger partial charge >= 0.3 is 5.97 Å². The number of ether oxygens (including phenoxy) is 2. The van der Waals surface area contributed by atoms with Crippen LogP contribution < -0.4 is 0 Å². The summed E-state index contributed by atoms with van der Waals surface area (Å²) in [6, 6.07) is 0. The molecule has 0 saturated heterocycles. The van der Waals surface area contributed by atoms with Gasteiger partial charge in [0, 0.05) is 20.0 Å². The van der Waals surface area contributed by atoms with Crippen LogP contribution in [0, 0.1) is 0 Å². The fourth-order valence-electron chi connectivity index (χ4n) is 0.765. The van der Waals surface area contributed by atoms with Crippen molar-refractivity contribution in [3.05, 3.63) is 0 Å². The van der Waals surface area contributed by atoms with Crippen molar-refractivity contribution in [3.8, 4) is 0 Å². The summed E-state index contributed by atoms with van der Waals surface area (Å²) in [6.07, 6.45) is 1.21. The molecule has 0 atom stereocenters. The Morgan fingerprint density at radius 1 is 1.17 bits per heavy atom. The van der Waals surface area contributed by atoms with E-state index in [1.54, 1.807) is 0 Å². The molecule has 0 aliphatic heterocycles. The van der Waals surface area contributed by atoms with Crippen molar-refractivity contribution in [1.29, 1.82) is 0 Å². The van der Waals surface area contributed by atoms with E-state index in [0.29, 0.717) is 19.3 Å². The summed E-state index contributed by atoms with van der Waals surface area (Å²) >= 11 is 0. The van der Waals surface area contributed by atoms with Crippen LogP contribution in [-0.4, -0.2) is 32.6 Å². The first-order valence-corrected chi connectivity index (χ1v) is 3.78. The van der Waals surface area contributed by atoms with Gasteiger partial charge in [-0.05, 0) is 6.42 Å². The predicted molar refractivity (Wildman–Crippen MR) is 42.8 cm³/mol. The summed E-state index contributed by atoms with van der Waals surface area (Å²) < 4.78 is 9.03. The van der Waals surface area contributed by atoms with Crippen molar-refractivity contribution in [3.63, 3.8) is 0 Å². The molecule has 70 valence electrons. The second kappa shape index (κ2) is 6.79. The highest BCUT2D eigenvalue weighted by Crippen LogP contribution is 1.98. The van der Waals surface area contributed by atoms with E-state index in [4.69, 9.17) is 0 Å². The zero-order valence-corrected chi connectivity index (χ0v) is 7.46. The van der Waals surface area contributed by atoms with E-state index in [1.165, 1.54) is 14.2 Å². The lowest BCUT2D eigenvalue weighted by atomic mass is 10.2. The topological polar surface area (TPSA) is 52.6 Å². The van der Waals surface area contributed by atoms with E-state index >= 15 is 0 Å². The van der Waals surface area contributed by atoms with Gasteiger partial charge in [0.2, 0.25) is 0 Å². The number of rotatable bonds is 6. The molecule has 0 unspecified atom stereocenters. The Bertz CT molecular complexity index is 153. The number of methoxy groups -OCH3 is 2. The minimum Gasteiger partial charge on any atom is -0.469 e. The summed E-state index contributed by atoms with van der Waals surface area (Å²) in [4.78, 5) is 21.4. The Morgan fingerprint density at radius 3 is 2.33 bits per heavy atom. The van der Waals surface area contributed by atoms with Gasteiger partial charge in [0.25, 0.3) is 0 Å². The first-order valence-electron chi connectivity index (χ1n) is 3.78. The molecule has 0 aromatic carbocycles. The minimum atomic E-state index is -0.278. The number of carbonyl (C=O) groups is 2. The molecule has 0 saturated carbocycles. The van der Waals surface area contributed by atoms with Crippen LogP contribution in [0.15, 0.2) is 0 Å². The maximum absolute atomic E-state index is 10.8. The van der Waals surface area contributed by atoms with Gasteiger partial charge in [0.05, 0.1) is 7.11 Å². The smallest absolute Gasteiger partial charge is 0.305 e. The number of Topliss-reactive ketones (excluding diaryl/α,β-unsaturated/α-hetero) is 1. The minimum absolute atomic E-state index is 0.0152. The van der Waals surface area contributed by atoms with Gasteiger partial charge in [0.1, 0.15) is 6.61 Å². The monoisotopic (exact) mass is 174 g/mol. The van der Waals surface area contributed by atoms with Gasteiger partial charge < -0.3 is 9.47 Å². The fourth-order valence-corrected chi connectivity index (χ4v) is 0.765. The summed E-state index contributed by atoms with van der Waals surface area (Å²) in [5.41, 5.74) is 0. The van der Waals surface area contributed by atoms with E-state index in [-0.39, 0.29) is 18.4 Å². The highest BCUT2D eigenvalue weighted by atomic mass is 16.5. The third-order valence-electron chi connectivity index (χ3n) is 1.37. The van der Waals surface area contributed by atoms with E-state index < -0.39 is 0 Å². The average molecular weight is 174 g/mol. The summed E-state index contributed by atoms with van der Waals surface area (Å²) in [7, 11) is 2.80. The van der Waals surface area contributed by atoms with Crippen molar-refractivity contribution in [2.45, 2.75) is 19.3 Å². The average Bonchev–Trinajstić information content (AvgIpc) is 2.04. The Balaban J connectivity index is 3.30. The van der Waals surface area contributed by atoms with Gasteiger partial charge in [-0.3, -0.25) is 9.59 Å². The molecule has 0 aliphatic carbocycles. The van der Waals surface area contributed by atoms with Crippen molar-refractivity contribution in [1.82, 2.24) is 0 Å². The van der Waals surface area contributed by atoms with Crippen LogP contribution in [0.5, 0.6) is 0 Å². The molecule has 0 fully saturated rings. The van der Waals surface area contributed by atoms with Crippen LogP contribution in [-0.2, 0) is 19.1 Å². The van der Waals surface area contributed by atoms with Crippen LogP contribution >= 0.6 is 0 Å². The van der Waals surface area contributed by atoms with Gasteiger partial charge in [-0.15, -0.1) is 0 Å². The van der Waals surface area contributed by atoms with Gasteiger partial charge in [-0.1, -0.05) is 0 Å². The maximum Gasteiger partial charge on any atom is 0.305 e. The van der Waals surface area contributed by atoms with Crippen LogP contribution in [0.2, 0.25) is 0 Å². The fraction of sp³-hybridized carbons (Fsp3) is 0.750. The van der Waals surface area contributed by atoms with Crippen LogP contribution in [0.3, 0.4) is 0 Å². The number of esters is 1. The molecule has 0 N–H and O–H groups in total. The third-order valence-corrected chi connectivity index (χ3v) is 1.37. The molecule has 0 aliphatic rings. The van der Waals surface area contributed by atoms with Gasteiger partial charge in [0.15, 0.2) is 5.78 Å². The second-order valence-electron chi connectivity index (χ2n) is 2.40. The normalized spacial score (nSPS) is 9.50. The predicted octanol–water partition coefficient (Wildman–Crippen LogP) is 0.545. The Morgan fingerprint density at radius 2 is 1.83 bits per heavy atom. The lowest BCUT2D eigenvalue weighted by Crippen LogP contribution is -2.07. The van der Waals surface area contributed by atoms with Crippen molar-refractivity contribution in [2.75, 3.05) is 20.8 Å². The molecular weight excluding hydrogens is 160 g/mol. The number of carbonyl (C=O) groups excluding carboxylic acids is 2. The lowest BCUT2D eigenvalue weighted by Gasteiger charge is -1.98.